The number of hydrogen-bond acceptors (Lipinski definition) is 4. The van der Waals surface area contributed by atoms with Crippen molar-refractivity contribution in [2.45, 2.75) is 23.8 Å². The van der Waals surface area contributed by atoms with E-state index < -0.39 is 10.0 Å². The Kier molecular flexibility index (Phi) is 3.09. The maximum absolute atomic E-state index is 12.4. The van der Waals surface area contributed by atoms with Crippen molar-refractivity contribution < 1.29 is 8.42 Å². The van der Waals surface area contributed by atoms with Crippen LogP contribution in [0.25, 0.3) is 0 Å². The number of hydrogen-bond donors (Lipinski definition) is 1. The van der Waals surface area contributed by atoms with E-state index in [0.717, 1.165) is 19.4 Å². The number of rotatable bonds is 2. The van der Waals surface area contributed by atoms with Crippen LogP contribution in [0.2, 0.25) is 0 Å². The van der Waals surface area contributed by atoms with Crippen molar-refractivity contribution in [2.75, 3.05) is 19.6 Å². The zero-order valence-electron chi connectivity index (χ0n) is 10.1. The highest BCUT2D eigenvalue weighted by atomic mass is 32.2. The standard InChI is InChI=1S/C12H17N3O2S/c16-18(17,11-4-2-5-13-7-11)15-8-10-3-1-6-14-12(10)9-15/h2,4-5,7,10,12,14H,1,3,6,8-9H2/t10-,12+/m0/s1. The third-order valence-electron chi connectivity index (χ3n) is 3.84. The summed E-state index contributed by atoms with van der Waals surface area (Å²) in [5.74, 6) is 0.463. The molecule has 1 N–H and O–H groups in total. The average Bonchev–Trinajstić information content (AvgIpc) is 2.84. The van der Waals surface area contributed by atoms with E-state index in [0.29, 0.717) is 29.9 Å². The summed E-state index contributed by atoms with van der Waals surface area (Å²) in [6, 6.07) is 3.59. The summed E-state index contributed by atoms with van der Waals surface area (Å²) in [6.45, 7) is 2.22. The minimum absolute atomic E-state index is 0.295. The smallest absolute Gasteiger partial charge is 0.244 e. The number of nitrogens with one attached hydrogen (secondary N) is 1. The van der Waals surface area contributed by atoms with E-state index in [1.807, 2.05) is 0 Å². The van der Waals surface area contributed by atoms with Gasteiger partial charge in [0.05, 0.1) is 0 Å². The van der Waals surface area contributed by atoms with Crippen molar-refractivity contribution in [2.24, 2.45) is 5.92 Å². The summed E-state index contributed by atoms with van der Waals surface area (Å²) in [5, 5.41) is 3.41. The quantitative estimate of drug-likeness (QED) is 0.845. The predicted octanol–water partition coefficient (Wildman–Crippen LogP) is 0.454. The highest BCUT2D eigenvalue weighted by Gasteiger charge is 2.40. The number of pyridine rings is 1. The zero-order valence-corrected chi connectivity index (χ0v) is 10.9. The molecule has 0 saturated carbocycles. The minimum atomic E-state index is -3.37. The Morgan fingerprint density at radius 2 is 2.28 bits per heavy atom. The second kappa shape index (κ2) is 4.60. The third-order valence-corrected chi connectivity index (χ3v) is 5.65. The molecule has 98 valence electrons. The SMILES string of the molecule is O=S(=O)(c1cccnc1)N1C[C@@H]2CCCN[C@@H]2C1. The van der Waals surface area contributed by atoms with Crippen LogP contribution in [-0.2, 0) is 10.0 Å². The van der Waals surface area contributed by atoms with Crippen LogP contribution in [0.15, 0.2) is 29.4 Å². The summed E-state index contributed by atoms with van der Waals surface area (Å²) in [4.78, 5) is 4.19. The Hall–Kier alpha value is -0.980. The fourth-order valence-corrected chi connectivity index (χ4v) is 4.34. The van der Waals surface area contributed by atoms with E-state index >= 15 is 0 Å². The van der Waals surface area contributed by atoms with Gasteiger partial charge in [0.1, 0.15) is 4.90 Å². The molecule has 0 aromatic carbocycles. The van der Waals surface area contributed by atoms with Gasteiger partial charge in [0, 0.05) is 31.5 Å². The molecule has 2 saturated heterocycles. The van der Waals surface area contributed by atoms with Gasteiger partial charge in [-0.3, -0.25) is 4.98 Å². The van der Waals surface area contributed by atoms with Crippen molar-refractivity contribution in [1.82, 2.24) is 14.6 Å². The van der Waals surface area contributed by atoms with Gasteiger partial charge < -0.3 is 5.32 Å². The van der Waals surface area contributed by atoms with Crippen molar-refractivity contribution >= 4 is 10.0 Å². The second-order valence-electron chi connectivity index (χ2n) is 4.97. The number of sulfonamides is 1. The van der Waals surface area contributed by atoms with Crippen LogP contribution in [-0.4, -0.2) is 43.4 Å². The fourth-order valence-electron chi connectivity index (χ4n) is 2.85. The Morgan fingerprint density at radius 1 is 1.39 bits per heavy atom. The summed E-state index contributed by atoms with van der Waals surface area (Å²) in [7, 11) is -3.37. The zero-order chi connectivity index (χ0) is 12.6. The lowest BCUT2D eigenvalue weighted by Gasteiger charge is -2.24. The lowest BCUT2D eigenvalue weighted by atomic mass is 9.94. The molecular weight excluding hydrogens is 250 g/mol. The van der Waals surface area contributed by atoms with Crippen molar-refractivity contribution in [3.63, 3.8) is 0 Å². The number of nitrogens with zero attached hydrogens (tertiary/aromatic N) is 2. The highest BCUT2D eigenvalue weighted by molar-refractivity contribution is 7.89. The van der Waals surface area contributed by atoms with Crippen LogP contribution < -0.4 is 5.32 Å². The molecule has 2 atom stereocenters. The van der Waals surface area contributed by atoms with Crippen LogP contribution in [0.3, 0.4) is 0 Å². The first-order chi connectivity index (χ1) is 8.68. The first-order valence-electron chi connectivity index (χ1n) is 6.31. The number of aromatic nitrogens is 1. The Bertz CT molecular complexity index is 503. The summed E-state index contributed by atoms with van der Waals surface area (Å²) < 4.78 is 26.5. The second-order valence-corrected chi connectivity index (χ2v) is 6.91. The molecule has 0 spiro atoms. The topological polar surface area (TPSA) is 62.3 Å². The molecule has 1 aromatic heterocycles. The van der Waals surface area contributed by atoms with Gasteiger partial charge in [0.2, 0.25) is 10.0 Å². The van der Waals surface area contributed by atoms with E-state index in [2.05, 4.69) is 10.3 Å². The van der Waals surface area contributed by atoms with Crippen LogP contribution in [0.5, 0.6) is 0 Å². The van der Waals surface area contributed by atoms with E-state index in [1.54, 1.807) is 22.6 Å². The molecule has 18 heavy (non-hydrogen) atoms. The molecular formula is C12H17N3O2S. The molecule has 0 bridgehead atoms. The van der Waals surface area contributed by atoms with E-state index in [1.165, 1.54) is 6.20 Å². The molecule has 3 rings (SSSR count). The monoisotopic (exact) mass is 267 g/mol. The molecule has 2 fully saturated rings. The van der Waals surface area contributed by atoms with E-state index in [-0.39, 0.29) is 0 Å². The molecule has 0 radical (unpaired) electrons. The van der Waals surface area contributed by atoms with E-state index in [9.17, 15) is 8.42 Å². The first kappa shape index (κ1) is 12.1. The predicted molar refractivity (Wildman–Crippen MR) is 67.5 cm³/mol. The molecule has 0 unspecified atom stereocenters. The molecule has 6 heteroatoms. The molecule has 0 amide bonds. The van der Waals surface area contributed by atoms with Crippen LogP contribution >= 0.6 is 0 Å². The molecule has 2 aliphatic rings. The van der Waals surface area contributed by atoms with Crippen molar-refractivity contribution in [3.8, 4) is 0 Å². The molecule has 0 aliphatic carbocycles. The number of piperidine rings is 1. The molecule has 5 nitrogen and oxygen atoms in total. The van der Waals surface area contributed by atoms with Gasteiger partial charge in [-0.25, -0.2) is 8.42 Å². The maximum Gasteiger partial charge on any atom is 0.244 e. The number of fused-ring (bicyclic) bond motifs is 1. The maximum atomic E-state index is 12.4. The van der Waals surface area contributed by atoms with Gasteiger partial charge in [-0.15, -0.1) is 0 Å². The van der Waals surface area contributed by atoms with Gasteiger partial charge in [0.25, 0.3) is 0 Å². The van der Waals surface area contributed by atoms with Gasteiger partial charge in [-0.1, -0.05) is 0 Å². The molecule has 1 aromatic rings. The summed E-state index contributed by atoms with van der Waals surface area (Å²) >= 11 is 0. The van der Waals surface area contributed by atoms with Gasteiger partial charge in [-0.2, -0.15) is 4.31 Å². The van der Waals surface area contributed by atoms with Crippen LogP contribution in [0.4, 0.5) is 0 Å². The normalized spacial score (nSPS) is 29.1. The van der Waals surface area contributed by atoms with Gasteiger partial charge in [-0.05, 0) is 37.4 Å². The Balaban J connectivity index is 1.83. The summed E-state index contributed by atoms with van der Waals surface area (Å²) in [6.07, 6.45) is 5.27. The van der Waals surface area contributed by atoms with Gasteiger partial charge >= 0.3 is 0 Å². The largest absolute Gasteiger partial charge is 0.312 e. The third kappa shape index (κ3) is 2.04. The Labute approximate surface area is 107 Å². The molecule has 2 aliphatic heterocycles. The highest BCUT2D eigenvalue weighted by Crippen LogP contribution is 2.28. The van der Waals surface area contributed by atoms with Crippen molar-refractivity contribution in [1.29, 1.82) is 0 Å². The Morgan fingerprint density at radius 3 is 3.00 bits per heavy atom. The van der Waals surface area contributed by atoms with E-state index in [4.69, 9.17) is 0 Å². The van der Waals surface area contributed by atoms with Crippen molar-refractivity contribution in [3.05, 3.63) is 24.5 Å². The van der Waals surface area contributed by atoms with Crippen LogP contribution in [0.1, 0.15) is 12.8 Å². The van der Waals surface area contributed by atoms with Crippen LogP contribution in [0, 0.1) is 5.92 Å². The lowest BCUT2D eigenvalue weighted by Crippen LogP contribution is -2.41. The summed E-state index contributed by atoms with van der Waals surface area (Å²) in [5.41, 5.74) is 0. The van der Waals surface area contributed by atoms with Gasteiger partial charge in [0.15, 0.2) is 0 Å². The lowest BCUT2D eigenvalue weighted by molar-refractivity contribution is 0.339. The minimum Gasteiger partial charge on any atom is -0.312 e. The molecule has 3 heterocycles. The fraction of sp³-hybridized carbons (Fsp3) is 0.583. The average molecular weight is 267 g/mol. The first-order valence-corrected chi connectivity index (χ1v) is 7.75.